The smallest absolute Gasteiger partial charge is 0.362 e. The van der Waals surface area contributed by atoms with Crippen molar-refractivity contribution < 1.29 is 38.2 Å². The van der Waals surface area contributed by atoms with Crippen molar-refractivity contribution in [2.45, 2.75) is 96.6 Å². The molecule has 0 aliphatic heterocycles. The van der Waals surface area contributed by atoms with Gasteiger partial charge in [-0.1, -0.05) is 98.9 Å². The molecule has 0 saturated heterocycles. The molecular formula is C38H60NO7+. The minimum absolute atomic E-state index is 0.0191. The average molecular weight is 643 g/mol. The Balaban J connectivity index is 4.68. The van der Waals surface area contributed by atoms with Gasteiger partial charge in [-0.25, -0.2) is 4.79 Å². The van der Waals surface area contributed by atoms with Gasteiger partial charge in [0.15, 0.2) is 12.1 Å². The molecule has 0 aromatic heterocycles. The Morgan fingerprint density at radius 1 is 0.674 bits per heavy atom. The zero-order valence-corrected chi connectivity index (χ0v) is 29.0. The van der Waals surface area contributed by atoms with E-state index in [1.54, 1.807) is 0 Å². The van der Waals surface area contributed by atoms with Crippen molar-refractivity contribution in [2.24, 2.45) is 0 Å². The number of carbonyl (C=O) groups is 3. The standard InChI is InChI=1S/C38H59NO7/c1-6-8-10-12-14-16-17-18-19-21-22-24-26-28-36(40)45-33-34(32-44-31-30-35(38(42)43)39(3,4)5)46-37(41)29-27-25-23-20-15-13-11-9-7-2/h8-12,14-22,34-35H,6-7,13,23-33H2,1-5H3/p+1/b10-8+,11-9+,14-12+,17-16+,19-18+,20-15+,22-21+. The zero-order valence-electron chi connectivity index (χ0n) is 29.0. The van der Waals surface area contributed by atoms with Crippen molar-refractivity contribution in [1.82, 2.24) is 0 Å². The lowest BCUT2D eigenvalue weighted by atomic mass is 10.1. The molecule has 258 valence electrons. The molecule has 0 rings (SSSR count). The van der Waals surface area contributed by atoms with Crippen LogP contribution in [-0.4, -0.2) is 80.6 Å². The Bertz CT molecular complexity index is 1030. The number of ether oxygens (including phenoxy) is 3. The molecule has 0 heterocycles. The van der Waals surface area contributed by atoms with E-state index < -0.39 is 18.1 Å². The topological polar surface area (TPSA) is 99.1 Å². The summed E-state index contributed by atoms with van der Waals surface area (Å²) < 4.78 is 17.0. The molecule has 0 aliphatic rings. The molecular weight excluding hydrogens is 582 g/mol. The highest BCUT2D eigenvalue weighted by molar-refractivity contribution is 5.72. The molecule has 0 aliphatic carbocycles. The average Bonchev–Trinajstić information content (AvgIpc) is 3.00. The number of rotatable bonds is 27. The van der Waals surface area contributed by atoms with Crippen LogP contribution in [-0.2, 0) is 28.6 Å². The van der Waals surface area contributed by atoms with Crippen LogP contribution in [0.5, 0.6) is 0 Å². The SMILES string of the molecule is CC/C=C/C=C/C=C/C=C/C=C/CCCC(=O)OCC(COCCC(C(=O)O)[N+](C)(C)C)OC(=O)CCCC/C=C/C/C=C/CC. The zero-order chi connectivity index (χ0) is 34.3. The molecule has 2 atom stereocenters. The van der Waals surface area contributed by atoms with Crippen LogP contribution in [0.25, 0.3) is 0 Å². The maximum Gasteiger partial charge on any atom is 0.362 e. The minimum Gasteiger partial charge on any atom is -0.477 e. The van der Waals surface area contributed by atoms with Gasteiger partial charge in [-0.2, -0.15) is 0 Å². The van der Waals surface area contributed by atoms with Crippen LogP contribution in [0, 0.1) is 0 Å². The van der Waals surface area contributed by atoms with Crippen molar-refractivity contribution in [3.05, 3.63) is 85.1 Å². The van der Waals surface area contributed by atoms with Crippen molar-refractivity contribution >= 4 is 17.9 Å². The summed E-state index contributed by atoms with van der Waals surface area (Å²) in [5.74, 6) is -1.63. The first-order valence-electron chi connectivity index (χ1n) is 16.7. The van der Waals surface area contributed by atoms with Gasteiger partial charge in [0, 0.05) is 19.3 Å². The molecule has 0 aromatic rings. The lowest BCUT2D eigenvalue weighted by Gasteiger charge is -2.31. The van der Waals surface area contributed by atoms with E-state index in [0.717, 1.165) is 38.5 Å². The number of hydrogen-bond donors (Lipinski definition) is 1. The maximum atomic E-state index is 12.5. The van der Waals surface area contributed by atoms with Gasteiger partial charge in [-0.15, -0.1) is 0 Å². The van der Waals surface area contributed by atoms with E-state index >= 15 is 0 Å². The van der Waals surface area contributed by atoms with Gasteiger partial charge in [0.2, 0.25) is 0 Å². The highest BCUT2D eigenvalue weighted by atomic mass is 16.6. The normalized spacial score (nSPS) is 14.2. The van der Waals surface area contributed by atoms with Crippen LogP contribution in [0.2, 0.25) is 0 Å². The molecule has 0 aromatic carbocycles. The second-order valence-electron chi connectivity index (χ2n) is 11.8. The Kier molecular flexibility index (Phi) is 26.8. The van der Waals surface area contributed by atoms with Crippen molar-refractivity contribution in [2.75, 3.05) is 41.0 Å². The summed E-state index contributed by atoms with van der Waals surface area (Å²) in [7, 11) is 5.46. The first-order chi connectivity index (χ1) is 22.1. The molecule has 0 saturated carbocycles. The van der Waals surface area contributed by atoms with E-state index in [4.69, 9.17) is 14.2 Å². The quantitative estimate of drug-likeness (QED) is 0.0320. The van der Waals surface area contributed by atoms with Gasteiger partial charge >= 0.3 is 17.9 Å². The number of carboxylic acids is 1. The Labute approximate surface area is 278 Å². The molecule has 1 N–H and O–H groups in total. The summed E-state index contributed by atoms with van der Waals surface area (Å²) in [5.41, 5.74) is 0. The third kappa shape index (κ3) is 26.9. The van der Waals surface area contributed by atoms with Crippen LogP contribution in [0.1, 0.15) is 84.5 Å². The fourth-order valence-electron chi connectivity index (χ4n) is 4.10. The third-order valence-electron chi connectivity index (χ3n) is 6.67. The number of likely N-dealkylation sites (N-methyl/N-ethyl adjacent to an activating group) is 1. The highest BCUT2D eigenvalue weighted by Gasteiger charge is 2.31. The van der Waals surface area contributed by atoms with Gasteiger partial charge in [-0.3, -0.25) is 9.59 Å². The van der Waals surface area contributed by atoms with Crippen LogP contribution >= 0.6 is 0 Å². The number of carboxylic acid groups (broad SMARTS) is 1. The molecule has 46 heavy (non-hydrogen) atoms. The largest absolute Gasteiger partial charge is 0.477 e. The van der Waals surface area contributed by atoms with E-state index in [9.17, 15) is 19.5 Å². The summed E-state index contributed by atoms with van der Waals surface area (Å²) in [4.78, 5) is 36.5. The van der Waals surface area contributed by atoms with Gasteiger partial charge in [0.1, 0.15) is 6.61 Å². The van der Waals surface area contributed by atoms with Crippen LogP contribution < -0.4 is 0 Å². The van der Waals surface area contributed by atoms with Crippen LogP contribution in [0.15, 0.2) is 85.1 Å². The number of hydrogen-bond acceptors (Lipinski definition) is 6. The Morgan fingerprint density at radius 3 is 1.89 bits per heavy atom. The number of nitrogens with zero attached hydrogens (tertiary/aromatic N) is 1. The number of carbonyl (C=O) groups excluding carboxylic acids is 2. The predicted octanol–water partition coefficient (Wildman–Crippen LogP) is 7.84. The lowest BCUT2D eigenvalue weighted by Crippen LogP contribution is -2.50. The van der Waals surface area contributed by atoms with E-state index in [1.165, 1.54) is 0 Å². The second-order valence-corrected chi connectivity index (χ2v) is 11.8. The first-order valence-corrected chi connectivity index (χ1v) is 16.7. The first kappa shape index (κ1) is 42.5. The lowest BCUT2D eigenvalue weighted by molar-refractivity contribution is -0.887. The van der Waals surface area contributed by atoms with Crippen LogP contribution in [0.4, 0.5) is 0 Å². The van der Waals surface area contributed by atoms with E-state index in [1.807, 2.05) is 75.8 Å². The summed E-state index contributed by atoms with van der Waals surface area (Å²) in [6.07, 6.45) is 35.2. The minimum atomic E-state index is -0.897. The third-order valence-corrected chi connectivity index (χ3v) is 6.67. The molecule has 0 bridgehead atoms. The molecule has 2 unspecified atom stereocenters. The van der Waals surface area contributed by atoms with Gasteiger partial charge in [0.25, 0.3) is 0 Å². The number of esters is 2. The monoisotopic (exact) mass is 642 g/mol. The number of aliphatic carboxylic acids is 1. The van der Waals surface area contributed by atoms with Crippen molar-refractivity contribution in [3.63, 3.8) is 0 Å². The predicted molar refractivity (Wildman–Crippen MR) is 187 cm³/mol. The fraction of sp³-hybridized carbons (Fsp3) is 0.553. The summed E-state index contributed by atoms with van der Waals surface area (Å²) >= 11 is 0. The van der Waals surface area contributed by atoms with Crippen LogP contribution in [0.3, 0.4) is 0 Å². The van der Waals surface area contributed by atoms with Crippen molar-refractivity contribution in [3.8, 4) is 0 Å². The van der Waals surface area contributed by atoms with Gasteiger partial charge in [-0.05, 0) is 51.4 Å². The molecule has 0 radical (unpaired) electrons. The fourth-order valence-corrected chi connectivity index (χ4v) is 4.10. The second kappa shape index (κ2) is 28.9. The van der Waals surface area contributed by atoms with Gasteiger partial charge in [0.05, 0.1) is 34.4 Å². The van der Waals surface area contributed by atoms with E-state index in [2.05, 4.69) is 44.2 Å². The van der Waals surface area contributed by atoms with E-state index in [0.29, 0.717) is 19.3 Å². The number of unbranched alkanes of at least 4 members (excludes halogenated alkanes) is 3. The highest BCUT2D eigenvalue weighted by Crippen LogP contribution is 2.10. The molecule has 8 heteroatoms. The molecule has 0 amide bonds. The Morgan fingerprint density at radius 2 is 1.26 bits per heavy atom. The van der Waals surface area contributed by atoms with Crippen molar-refractivity contribution in [1.29, 1.82) is 0 Å². The summed E-state index contributed by atoms with van der Waals surface area (Å²) in [5, 5.41) is 9.54. The molecule has 0 spiro atoms. The molecule has 0 fully saturated rings. The maximum absolute atomic E-state index is 12.5. The van der Waals surface area contributed by atoms with Gasteiger partial charge < -0.3 is 23.8 Å². The summed E-state index contributed by atoms with van der Waals surface area (Å²) in [6.45, 7) is 4.29. The number of allylic oxidation sites excluding steroid dienone is 14. The molecule has 8 nitrogen and oxygen atoms in total. The Hall–Kier alpha value is -3.49. The van der Waals surface area contributed by atoms with E-state index in [-0.39, 0.29) is 49.1 Å². The summed E-state index contributed by atoms with van der Waals surface area (Å²) in [6, 6.07) is -0.633. The number of quaternary nitrogens is 1.